The van der Waals surface area contributed by atoms with Gasteiger partial charge in [-0.25, -0.2) is 0 Å². The molecule has 0 heterocycles. The third-order valence-electron chi connectivity index (χ3n) is 3.89. The molecule has 2 aromatic rings. The van der Waals surface area contributed by atoms with Crippen molar-refractivity contribution in [2.45, 2.75) is 19.3 Å². The summed E-state index contributed by atoms with van der Waals surface area (Å²) in [5.41, 5.74) is 2.54. The number of hydrogen-bond acceptors (Lipinski definition) is 5. The van der Waals surface area contributed by atoms with Crippen molar-refractivity contribution in [2.24, 2.45) is 0 Å². The van der Waals surface area contributed by atoms with Gasteiger partial charge in [-0.1, -0.05) is 12.1 Å². The Morgan fingerprint density at radius 3 is 2.12 bits per heavy atom. The second-order valence-corrected chi connectivity index (χ2v) is 5.61. The molecule has 0 aliphatic carbocycles. The molecule has 0 radical (unpaired) electrons. The standard InChI is InChI=1S/C20H22N2O4/c1-24-17-12-15(13-18(25-2)20(17)26-3)6-9-19(23)22-16-7-4-14(5-8-16)10-11-21/h4-5,7-8,12-13H,6,9-10H2,1-3H3,(H,22,23). The quantitative estimate of drug-likeness (QED) is 0.786. The lowest BCUT2D eigenvalue weighted by Gasteiger charge is -2.14. The fourth-order valence-electron chi connectivity index (χ4n) is 2.56. The Morgan fingerprint density at radius 2 is 1.62 bits per heavy atom. The second kappa shape index (κ2) is 9.33. The molecule has 0 aromatic heterocycles. The first kappa shape index (κ1) is 19.1. The molecule has 1 amide bonds. The monoisotopic (exact) mass is 354 g/mol. The zero-order valence-corrected chi connectivity index (χ0v) is 15.2. The summed E-state index contributed by atoms with van der Waals surface area (Å²) in [4.78, 5) is 12.2. The number of nitrogens with one attached hydrogen (secondary N) is 1. The van der Waals surface area contributed by atoms with Gasteiger partial charge in [0.25, 0.3) is 0 Å². The van der Waals surface area contributed by atoms with Crippen LogP contribution in [0.15, 0.2) is 36.4 Å². The average Bonchev–Trinajstić information content (AvgIpc) is 2.67. The number of nitrogens with zero attached hydrogens (tertiary/aromatic N) is 1. The predicted octanol–water partition coefficient (Wildman–Crippen LogP) is 3.35. The van der Waals surface area contributed by atoms with Crippen molar-refractivity contribution >= 4 is 11.6 Å². The van der Waals surface area contributed by atoms with Gasteiger partial charge in [-0.2, -0.15) is 5.26 Å². The maximum absolute atomic E-state index is 12.2. The van der Waals surface area contributed by atoms with E-state index in [0.717, 1.165) is 11.1 Å². The van der Waals surface area contributed by atoms with Crippen LogP contribution in [0.2, 0.25) is 0 Å². The van der Waals surface area contributed by atoms with Crippen molar-refractivity contribution in [1.29, 1.82) is 5.26 Å². The summed E-state index contributed by atoms with van der Waals surface area (Å²) in [5.74, 6) is 1.57. The molecule has 136 valence electrons. The van der Waals surface area contributed by atoms with Gasteiger partial charge in [0.2, 0.25) is 11.7 Å². The van der Waals surface area contributed by atoms with Crippen LogP contribution in [0.1, 0.15) is 17.5 Å². The molecule has 0 spiro atoms. The Labute approximate surface area is 153 Å². The molecular weight excluding hydrogens is 332 g/mol. The van der Waals surface area contributed by atoms with Crippen molar-refractivity contribution in [3.63, 3.8) is 0 Å². The van der Waals surface area contributed by atoms with Gasteiger partial charge in [0.1, 0.15) is 0 Å². The minimum atomic E-state index is -0.0909. The highest BCUT2D eigenvalue weighted by molar-refractivity contribution is 5.90. The summed E-state index contributed by atoms with van der Waals surface area (Å²) in [6.07, 6.45) is 1.21. The molecule has 0 fully saturated rings. The largest absolute Gasteiger partial charge is 0.493 e. The molecule has 2 aromatic carbocycles. The SMILES string of the molecule is COc1cc(CCC(=O)Nc2ccc(CC#N)cc2)cc(OC)c1OC. The number of ether oxygens (including phenoxy) is 3. The molecule has 0 aliphatic heterocycles. The number of carbonyl (C=O) groups is 1. The van der Waals surface area contributed by atoms with Crippen LogP contribution in [0, 0.1) is 11.3 Å². The van der Waals surface area contributed by atoms with E-state index in [1.165, 1.54) is 0 Å². The Kier molecular flexibility index (Phi) is 6.86. The van der Waals surface area contributed by atoms with E-state index in [1.807, 2.05) is 24.3 Å². The van der Waals surface area contributed by atoms with Gasteiger partial charge in [0, 0.05) is 12.1 Å². The highest BCUT2D eigenvalue weighted by atomic mass is 16.5. The predicted molar refractivity (Wildman–Crippen MR) is 98.8 cm³/mol. The summed E-state index contributed by atoms with van der Waals surface area (Å²) < 4.78 is 15.9. The number of benzene rings is 2. The van der Waals surface area contributed by atoms with Gasteiger partial charge < -0.3 is 19.5 Å². The van der Waals surface area contributed by atoms with E-state index in [4.69, 9.17) is 19.5 Å². The maximum Gasteiger partial charge on any atom is 0.224 e. The van der Waals surface area contributed by atoms with E-state index in [2.05, 4.69) is 11.4 Å². The van der Waals surface area contributed by atoms with E-state index in [-0.39, 0.29) is 5.91 Å². The van der Waals surface area contributed by atoms with Crippen LogP contribution in [0.25, 0.3) is 0 Å². The van der Waals surface area contributed by atoms with Crippen LogP contribution >= 0.6 is 0 Å². The number of rotatable bonds is 8. The fourth-order valence-corrected chi connectivity index (χ4v) is 2.56. The van der Waals surface area contributed by atoms with Crippen molar-refractivity contribution in [3.8, 4) is 23.3 Å². The number of anilines is 1. The summed E-state index contributed by atoms with van der Waals surface area (Å²) >= 11 is 0. The topological polar surface area (TPSA) is 80.6 Å². The molecule has 2 rings (SSSR count). The highest BCUT2D eigenvalue weighted by Crippen LogP contribution is 2.38. The van der Waals surface area contributed by atoms with Gasteiger partial charge in [-0.15, -0.1) is 0 Å². The lowest BCUT2D eigenvalue weighted by atomic mass is 10.1. The normalized spacial score (nSPS) is 9.92. The summed E-state index contributed by atoms with van der Waals surface area (Å²) in [7, 11) is 4.67. The molecule has 6 nitrogen and oxygen atoms in total. The summed E-state index contributed by atoms with van der Waals surface area (Å²) in [6, 6.07) is 13.0. The molecule has 0 atom stereocenters. The number of carbonyl (C=O) groups excluding carboxylic acids is 1. The molecule has 1 N–H and O–H groups in total. The van der Waals surface area contributed by atoms with E-state index >= 15 is 0 Å². The zero-order valence-electron chi connectivity index (χ0n) is 15.2. The third kappa shape index (κ3) is 4.90. The van der Waals surface area contributed by atoms with Crippen LogP contribution in [-0.2, 0) is 17.6 Å². The van der Waals surface area contributed by atoms with Crippen LogP contribution in [-0.4, -0.2) is 27.2 Å². The molecule has 0 saturated heterocycles. The van der Waals surface area contributed by atoms with Gasteiger partial charge in [-0.3, -0.25) is 4.79 Å². The van der Waals surface area contributed by atoms with Crippen LogP contribution in [0.5, 0.6) is 17.2 Å². The first-order valence-corrected chi connectivity index (χ1v) is 8.16. The molecule has 0 aliphatic rings. The minimum absolute atomic E-state index is 0.0909. The Morgan fingerprint density at radius 1 is 1.00 bits per heavy atom. The number of aryl methyl sites for hydroxylation is 1. The molecular formula is C20H22N2O4. The first-order chi connectivity index (χ1) is 12.6. The van der Waals surface area contributed by atoms with Crippen molar-refractivity contribution in [3.05, 3.63) is 47.5 Å². The Balaban J connectivity index is 1.99. The first-order valence-electron chi connectivity index (χ1n) is 8.16. The molecule has 6 heteroatoms. The van der Waals surface area contributed by atoms with Gasteiger partial charge in [0.05, 0.1) is 33.8 Å². The van der Waals surface area contributed by atoms with Gasteiger partial charge in [0.15, 0.2) is 11.5 Å². The third-order valence-corrected chi connectivity index (χ3v) is 3.89. The molecule has 0 saturated carbocycles. The highest BCUT2D eigenvalue weighted by Gasteiger charge is 2.14. The van der Waals surface area contributed by atoms with Crippen molar-refractivity contribution in [1.82, 2.24) is 0 Å². The Bertz CT molecular complexity index is 769. The van der Waals surface area contributed by atoms with Crippen LogP contribution in [0.3, 0.4) is 0 Å². The van der Waals surface area contributed by atoms with Crippen molar-refractivity contribution in [2.75, 3.05) is 26.6 Å². The number of nitriles is 1. The van der Waals surface area contributed by atoms with Gasteiger partial charge in [-0.05, 0) is 41.8 Å². The van der Waals surface area contributed by atoms with Crippen molar-refractivity contribution < 1.29 is 19.0 Å². The van der Waals surface area contributed by atoms with Gasteiger partial charge >= 0.3 is 0 Å². The smallest absolute Gasteiger partial charge is 0.224 e. The number of hydrogen-bond donors (Lipinski definition) is 1. The fraction of sp³-hybridized carbons (Fsp3) is 0.300. The molecule has 0 unspecified atom stereocenters. The summed E-state index contributed by atoms with van der Waals surface area (Å²) in [5, 5.41) is 11.5. The molecule has 26 heavy (non-hydrogen) atoms. The lowest BCUT2D eigenvalue weighted by molar-refractivity contribution is -0.116. The van der Waals surface area contributed by atoms with Crippen LogP contribution in [0.4, 0.5) is 5.69 Å². The zero-order chi connectivity index (χ0) is 18.9. The Hall–Kier alpha value is -3.20. The average molecular weight is 354 g/mol. The van der Waals surface area contributed by atoms with E-state index < -0.39 is 0 Å². The number of methoxy groups -OCH3 is 3. The lowest BCUT2D eigenvalue weighted by Crippen LogP contribution is -2.12. The summed E-state index contributed by atoms with van der Waals surface area (Å²) in [6.45, 7) is 0. The maximum atomic E-state index is 12.2. The van der Waals surface area contributed by atoms with E-state index in [9.17, 15) is 4.79 Å². The van der Waals surface area contributed by atoms with E-state index in [1.54, 1.807) is 33.5 Å². The number of amides is 1. The molecule has 0 bridgehead atoms. The second-order valence-electron chi connectivity index (χ2n) is 5.61. The van der Waals surface area contributed by atoms with Crippen LogP contribution < -0.4 is 19.5 Å². The van der Waals surface area contributed by atoms with E-state index in [0.29, 0.717) is 42.2 Å². The minimum Gasteiger partial charge on any atom is -0.493 e.